The van der Waals surface area contributed by atoms with E-state index in [0.29, 0.717) is 18.2 Å². The molecule has 1 saturated heterocycles. The van der Waals surface area contributed by atoms with Gasteiger partial charge in [-0.1, -0.05) is 19.1 Å². The standard InChI is InChI=1S/C23H29N3O3/c1-4-14-11-18(23(28)29)22(27)24-21(14)15-5-8-17(9-6-15)26-12-16-7-10-20(25(2)3)19(16)13-26/h5-6,8-9,11,16,19-20H,4,7,10,12-13H2,1-3H3,(H,24,27)(H,28,29). The van der Waals surface area contributed by atoms with Crippen molar-refractivity contribution in [1.29, 1.82) is 0 Å². The zero-order valence-electron chi connectivity index (χ0n) is 17.3. The number of rotatable bonds is 5. The summed E-state index contributed by atoms with van der Waals surface area (Å²) in [5.74, 6) is 0.309. The number of carbonyl (C=O) groups is 1. The number of carboxylic acids is 1. The van der Waals surface area contributed by atoms with Gasteiger partial charge in [0.2, 0.25) is 0 Å². The number of benzene rings is 1. The fourth-order valence-corrected chi connectivity index (χ4v) is 5.20. The predicted octanol–water partition coefficient (Wildman–Crippen LogP) is 3.08. The third-order valence-electron chi connectivity index (χ3n) is 6.74. The Morgan fingerprint density at radius 2 is 1.93 bits per heavy atom. The number of nitrogens with zero attached hydrogens (tertiary/aromatic N) is 2. The fraction of sp³-hybridized carbons (Fsp3) is 0.478. The van der Waals surface area contributed by atoms with Crippen molar-refractivity contribution >= 4 is 11.7 Å². The molecule has 6 nitrogen and oxygen atoms in total. The molecule has 2 fully saturated rings. The van der Waals surface area contributed by atoms with Gasteiger partial charge >= 0.3 is 5.97 Å². The number of aromatic carboxylic acids is 1. The van der Waals surface area contributed by atoms with E-state index in [0.717, 1.165) is 36.1 Å². The van der Waals surface area contributed by atoms with Gasteiger partial charge < -0.3 is 19.9 Å². The molecular formula is C23H29N3O3. The highest BCUT2D eigenvalue weighted by Gasteiger charge is 2.43. The number of hydrogen-bond donors (Lipinski definition) is 2. The highest BCUT2D eigenvalue weighted by molar-refractivity contribution is 5.88. The van der Waals surface area contributed by atoms with E-state index in [1.54, 1.807) is 0 Å². The Hall–Kier alpha value is -2.60. The maximum atomic E-state index is 12.1. The molecule has 0 bridgehead atoms. The van der Waals surface area contributed by atoms with Crippen molar-refractivity contribution in [3.63, 3.8) is 0 Å². The monoisotopic (exact) mass is 395 g/mol. The van der Waals surface area contributed by atoms with Gasteiger partial charge in [-0.05, 0) is 74.5 Å². The summed E-state index contributed by atoms with van der Waals surface area (Å²) in [7, 11) is 4.37. The number of aromatic nitrogens is 1. The molecule has 2 aliphatic rings. The van der Waals surface area contributed by atoms with Crippen LogP contribution in [0.3, 0.4) is 0 Å². The molecule has 0 spiro atoms. The number of nitrogens with one attached hydrogen (secondary N) is 1. The number of aryl methyl sites for hydroxylation is 1. The lowest BCUT2D eigenvalue weighted by Crippen LogP contribution is -2.34. The largest absolute Gasteiger partial charge is 0.477 e. The SMILES string of the molecule is CCc1cc(C(=O)O)c(=O)[nH]c1-c1ccc(N2CC3CCC(N(C)C)C3C2)cc1. The molecule has 4 rings (SSSR count). The lowest BCUT2D eigenvalue weighted by Gasteiger charge is -2.27. The van der Waals surface area contributed by atoms with E-state index in [1.165, 1.54) is 24.6 Å². The van der Waals surface area contributed by atoms with Crippen molar-refractivity contribution in [1.82, 2.24) is 9.88 Å². The Morgan fingerprint density at radius 3 is 2.55 bits per heavy atom. The molecule has 0 amide bonds. The van der Waals surface area contributed by atoms with Gasteiger partial charge in [0.15, 0.2) is 0 Å². The van der Waals surface area contributed by atoms with Crippen LogP contribution >= 0.6 is 0 Å². The zero-order valence-corrected chi connectivity index (χ0v) is 17.3. The number of H-pyrrole nitrogens is 1. The normalized spacial score (nSPS) is 23.6. The van der Waals surface area contributed by atoms with Crippen LogP contribution in [0.25, 0.3) is 11.3 Å². The Kier molecular flexibility index (Phi) is 5.21. The molecule has 2 aromatic rings. The number of pyridine rings is 1. The molecule has 154 valence electrons. The van der Waals surface area contributed by atoms with Crippen LogP contribution in [-0.2, 0) is 6.42 Å². The van der Waals surface area contributed by atoms with Crippen LogP contribution in [-0.4, -0.2) is 54.2 Å². The van der Waals surface area contributed by atoms with Gasteiger partial charge in [0.05, 0.1) is 5.69 Å². The fourth-order valence-electron chi connectivity index (χ4n) is 5.20. The second-order valence-corrected chi connectivity index (χ2v) is 8.56. The molecule has 1 aliphatic carbocycles. The van der Waals surface area contributed by atoms with Gasteiger partial charge in [-0.3, -0.25) is 4.79 Å². The summed E-state index contributed by atoms with van der Waals surface area (Å²) >= 11 is 0. The number of carboxylic acid groups (broad SMARTS) is 1. The van der Waals surface area contributed by atoms with Gasteiger partial charge in [0.1, 0.15) is 5.56 Å². The van der Waals surface area contributed by atoms with Crippen LogP contribution < -0.4 is 10.5 Å². The number of hydrogen-bond acceptors (Lipinski definition) is 4. The first kappa shape index (κ1) is 19.7. The van der Waals surface area contributed by atoms with Gasteiger partial charge in [-0.15, -0.1) is 0 Å². The maximum Gasteiger partial charge on any atom is 0.341 e. The van der Waals surface area contributed by atoms with Gasteiger partial charge in [0, 0.05) is 24.8 Å². The van der Waals surface area contributed by atoms with E-state index >= 15 is 0 Å². The van der Waals surface area contributed by atoms with Gasteiger partial charge in [-0.25, -0.2) is 4.79 Å². The van der Waals surface area contributed by atoms with E-state index in [2.05, 4.69) is 41.0 Å². The number of anilines is 1. The quantitative estimate of drug-likeness (QED) is 0.814. The summed E-state index contributed by atoms with van der Waals surface area (Å²) in [6.45, 7) is 4.16. The lowest BCUT2D eigenvalue weighted by atomic mass is 9.97. The lowest BCUT2D eigenvalue weighted by molar-refractivity contribution is 0.0695. The molecule has 1 aromatic heterocycles. The third-order valence-corrected chi connectivity index (χ3v) is 6.74. The van der Waals surface area contributed by atoms with Gasteiger partial charge in [-0.2, -0.15) is 0 Å². The summed E-state index contributed by atoms with van der Waals surface area (Å²) in [6.07, 6.45) is 3.25. The first-order valence-electron chi connectivity index (χ1n) is 10.4. The topological polar surface area (TPSA) is 76.6 Å². The molecule has 3 unspecified atom stereocenters. The van der Waals surface area contributed by atoms with Crippen LogP contribution in [0.2, 0.25) is 0 Å². The minimum absolute atomic E-state index is 0.207. The molecule has 1 saturated carbocycles. The Bertz CT molecular complexity index is 964. The summed E-state index contributed by atoms with van der Waals surface area (Å²) in [4.78, 5) is 31.0. The summed E-state index contributed by atoms with van der Waals surface area (Å²) in [5.41, 5.74) is 2.89. The first-order valence-corrected chi connectivity index (χ1v) is 10.4. The summed E-state index contributed by atoms with van der Waals surface area (Å²) < 4.78 is 0. The first-order chi connectivity index (χ1) is 13.9. The zero-order chi connectivity index (χ0) is 20.7. The maximum absolute atomic E-state index is 12.1. The van der Waals surface area contributed by atoms with Crippen molar-refractivity contribution in [3.05, 3.63) is 51.8 Å². The second kappa shape index (κ2) is 7.67. The summed E-state index contributed by atoms with van der Waals surface area (Å²) in [5, 5.41) is 9.20. The Balaban J connectivity index is 1.57. The average Bonchev–Trinajstić information content (AvgIpc) is 3.28. The Labute approximate surface area is 171 Å². The molecule has 1 aromatic carbocycles. The minimum Gasteiger partial charge on any atom is -0.477 e. The third kappa shape index (κ3) is 3.57. The molecule has 3 atom stereocenters. The van der Waals surface area contributed by atoms with Crippen LogP contribution in [0.15, 0.2) is 35.1 Å². The Morgan fingerprint density at radius 1 is 1.21 bits per heavy atom. The van der Waals surface area contributed by atoms with Crippen molar-refractivity contribution in [2.75, 3.05) is 32.1 Å². The van der Waals surface area contributed by atoms with Crippen molar-refractivity contribution in [2.24, 2.45) is 11.8 Å². The van der Waals surface area contributed by atoms with E-state index in [-0.39, 0.29) is 5.56 Å². The van der Waals surface area contributed by atoms with E-state index in [4.69, 9.17) is 0 Å². The van der Waals surface area contributed by atoms with Crippen LogP contribution in [0.5, 0.6) is 0 Å². The second-order valence-electron chi connectivity index (χ2n) is 8.56. The number of aromatic amines is 1. The highest BCUT2D eigenvalue weighted by Crippen LogP contribution is 2.41. The molecule has 2 heterocycles. The van der Waals surface area contributed by atoms with Crippen molar-refractivity contribution < 1.29 is 9.90 Å². The van der Waals surface area contributed by atoms with E-state index in [1.807, 2.05) is 19.1 Å². The highest BCUT2D eigenvalue weighted by atomic mass is 16.4. The molecule has 1 aliphatic heterocycles. The van der Waals surface area contributed by atoms with Crippen molar-refractivity contribution in [2.45, 2.75) is 32.2 Å². The molecule has 6 heteroatoms. The van der Waals surface area contributed by atoms with E-state index in [9.17, 15) is 14.7 Å². The predicted molar refractivity (Wildman–Crippen MR) is 115 cm³/mol. The van der Waals surface area contributed by atoms with Crippen LogP contribution in [0.4, 0.5) is 5.69 Å². The minimum atomic E-state index is -1.20. The van der Waals surface area contributed by atoms with E-state index < -0.39 is 11.5 Å². The van der Waals surface area contributed by atoms with Crippen LogP contribution in [0.1, 0.15) is 35.7 Å². The molecule has 29 heavy (non-hydrogen) atoms. The average molecular weight is 396 g/mol. The van der Waals surface area contributed by atoms with Crippen molar-refractivity contribution in [3.8, 4) is 11.3 Å². The van der Waals surface area contributed by atoms with Gasteiger partial charge in [0.25, 0.3) is 5.56 Å². The number of fused-ring (bicyclic) bond motifs is 1. The molecule has 2 N–H and O–H groups in total. The van der Waals surface area contributed by atoms with Crippen LogP contribution in [0, 0.1) is 11.8 Å². The molecule has 0 radical (unpaired) electrons. The summed E-state index contributed by atoms with van der Waals surface area (Å²) in [6, 6.07) is 10.4. The molecular weight excluding hydrogens is 366 g/mol. The smallest absolute Gasteiger partial charge is 0.341 e.